The Hall–Kier alpha value is 0.01000. The summed E-state index contributed by atoms with van der Waals surface area (Å²) in [5.74, 6) is -0.354. The zero-order valence-electron chi connectivity index (χ0n) is 8.89. The van der Waals surface area contributed by atoms with E-state index in [-0.39, 0.29) is 12.4 Å². The van der Waals surface area contributed by atoms with Crippen molar-refractivity contribution in [3.05, 3.63) is 0 Å². The third-order valence-electron chi connectivity index (χ3n) is 1.03. The fraction of sp³-hybridized carbons (Fsp3) is 0.889. The van der Waals surface area contributed by atoms with E-state index in [4.69, 9.17) is 27.9 Å². The largest absolute Gasteiger partial charge is 0.466 e. The van der Waals surface area contributed by atoms with Gasteiger partial charge in [0.1, 0.15) is 4.84 Å². The SMILES string of the molecule is CCOC(=O)CC(Cl)Cl.CCOCC. The molecule has 0 aliphatic heterocycles. The molecule has 0 amide bonds. The first kappa shape index (κ1) is 16.4. The quantitative estimate of drug-likeness (QED) is 0.552. The molecule has 0 aromatic heterocycles. The molecule has 86 valence electrons. The molecule has 14 heavy (non-hydrogen) atoms. The molecule has 0 saturated heterocycles. The molecule has 0 atom stereocenters. The van der Waals surface area contributed by atoms with Gasteiger partial charge in [0.25, 0.3) is 0 Å². The average Bonchev–Trinajstić information content (AvgIpc) is 2.05. The molecule has 0 aliphatic carbocycles. The summed E-state index contributed by atoms with van der Waals surface area (Å²) in [6.07, 6.45) is 0.0664. The number of hydrogen-bond donors (Lipinski definition) is 0. The molecule has 0 bridgehead atoms. The number of carbonyl (C=O) groups is 1. The van der Waals surface area contributed by atoms with E-state index < -0.39 is 4.84 Å². The maximum atomic E-state index is 10.5. The highest BCUT2D eigenvalue weighted by Crippen LogP contribution is 2.07. The van der Waals surface area contributed by atoms with Crippen LogP contribution in [0.3, 0.4) is 0 Å². The summed E-state index contributed by atoms with van der Waals surface area (Å²) in [4.78, 5) is 9.81. The predicted molar refractivity (Wildman–Crippen MR) is 58.9 cm³/mol. The first-order chi connectivity index (χ1) is 6.58. The van der Waals surface area contributed by atoms with E-state index in [1.807, 2.05) is 13.8 Å². The molecular formula is C9H18Cl2O3. The van der Waals surface area contributed by atoms with Gasteiger partial charge in [0, 0.05) is 13.2 Å². The second-order valence-corrected chi connectivity index (χ2v) is 3.46. The standard InChI is InChI=1S/C5H8Cl2O2.C4H10O/c1-2-9-5(8)3-4(6)7;1-3-5-4-2/h4H,2-3H2,1H3;3-4H2,1-2H3. The van der Waals surface area contributed by atoms with Crippen LogP contribution < -0.4 is 0 Å². The van der Waals surface area contributed by atoms with Gasteiger partial charge in [-0.15, -0.1) is 23.2 Å². The monoisotopic (exact) mass is 244 g/mol. The van der Waals surface area contributed by atoms with Crippen LogP contribution in [0.2, 0.25) is 0 Å². The number of alkyl halides is 2. The van der Waals surface area contributed by atoms with Crippen molar-refractivity contribution in [2.24, 2.45) is 0 Å². The highest BCUT2D eigenvalue weighted by atomic mass is 35.5. The fourth-order valence-corrected chi connectivity index (χ4v) is 0.802. The molecule has 0 aromatic carbocycles. The lowest BCUT2D eigenvalue weighted by Crippen LogP contribution is -2.07. The maximum absolute atomic E-state index is 10.5. The summed E-state index contributed by atoms with van der Waals surface area (Å²) in [6, 6.07) is 0. The summed E-state index contributed by atoms with van der Waals surface area (Å²) >= 11 is 10.5. The van der Waals surface area contributed by atoms with Gasteiger partial charge in [-0.05, 0) is 20.8 Å². The van der Waals surface area contributed by atoms with Crippen LogP contribution >= 0.6 is 23.2 Å². The van der Waals surface area contributed by atoms with Gasteiger partial charge in [-0.2, -0.15) is 0 Å². The molecule has 0 fully saturated rings. The molecule has 0 aliphatic rings. The summed E-state index contributed by atoms with van der Waals surface area (Å²) < 4.78 is 9.38. The van der Waals surface area contributed by atoms with Gasteiger partial charge in [0.05, 0.1) is 13.0 Å². The molecule has 0 spiro atoms. The highest BCUT2D eigenvalue weighted by molar-refractivity contribution is 6.45. The van der Waals surface area contributed by atoms with Gasteiger partial charge in [-0.25, -0.2) is 0 Å². The van der Waals surface area contributed by atoms with Crippen LogP contribution in [0, 0.1) is 0 Å². The number of ether oxygens (including phenoxy) is 2. The Morgan fingerprint density at radius 2 is 1.64 bits per heavy atom. The van der Waals surface area contributed by atoms with E-state index in [1.54, 1.807) is 6.92 Å². The second-order valence-electron chi connectivity index (χ2n) is 2.18. The van der Waals surface area contributed by atoms with Crippen molar-refractivity contribution in [1.82, 2.24) is 0 Å². The Labute approximate surface area is 95.7 Å². The number of rotatable bonds is 5. The van der Waals surface area contributed by atoms with Crippen LogP contribution in [0.1, 0.15) is 27.2 Å². The zero-order chi connectivity index (χ0) is 11.4. The maximum Gasteiger partial charge on any atom is 0.308 e. The van der Waals surface area contributed by atoms with Crippen molar-refractivity contribution in [3.8, 4) is 0 Å². The van der Waals surface area contributed by atoms with Crippen molar-refractivity contribution < 1.29 is 14.3 Å². The van der Waals surface area contributed by atoms with Crippen LogP contribution in [0.25, 0.3) is 0 Å². The average molecular weight is 245 g/mol. The van der Waals surface area contributed by atoms with Crippen molar-refractivity contribution in [1.29, 1.82) is 0 Å². The van der Waals surface area contributed by atoms with Crippen LogP contribution in [0.4, 0.5) is 0 Å². The van der Waals surface area contributed by atoms with Crippen molar-refractivity contribution >= 4 is 29.2 Å². The first-order valence-electron chi connectivity index (χ1n) is 4.59. The summed E-state index contributed by atoms with van der Waals surface area (Å²) in [7, 11) is 0. The van der Waals surface area contributed by atoms with Crippen molar-refractivity contribution in [2.45, 2.75) is 32.0 Å². The number of carbonyl (C=O) groups excluding carboxylic acids is 1. The summed E-state index contributed by atoms with van der Waals surface area (Å²) in [5, 5.41) is 0. The number of hydrogen-bond acceptors (Lipinski definition) is 3. The van der Waals surface area contributed by atoms with Gasteiger partial charge in [0.15, 0.2) is 0 Å². The Kier molecular flexibility index (Phi) is 15.3. The van der Waals surface area contributed by atoms with Crippen molar-refractivity contribution in [3.63, 3.8) is 0 Å². The van der Waals surface area contributed by atoms with Crippen LogP contribution in [-0.2, 0) is 14.3 Å². The van der Waals surface area contributed by atoms with E-state index in [9.17, 15) is 4.79 Å². The van der Waals surface area contributed by atoms with E-state index in [2.05, 4.69) is 4.74 Å². The molecule has 0 N–H and O–H groups in total. The predicted octanol–water partition coefficient (Wildman–Crippen LogP) is 2.79. The minimum absolute atomic E-state index is 0.0664. The Bertz CT molecular complexity index is 127. The van der Waals surface area contributed by atoms with Crippen LogP contribution in [0.5, 0.6) is 0 Å². The minimum Gasteiger partial charge on any atom is -0.466 e. The van der Waals surface area contributed by atoms with E-state index in [0.29, 0.717) is 6.61 Å². The Morgan fingerprint density at radius 3 is 1.86 bits per heavy atom. The molecule has 5 heteroatoms. The summed E-state index contributed by atoms with van der Waals surface area (Å²) in [6.45, 7) is 7.77. The number of halogens is 2. The van der Waals surface area contributed by atoms with E-state index in [1.165, 1.54) is 0 Å². The molecule has 0 radical (unpaired) electrons. The van der Waals surface area contributed by atoms with Gasteiger partial charge < -0.3 is 9.47 Å². The topological polar surface area (TPSA) is 35.5 Å². The lowest BCUT2D eigenvalue weighted by molar-refractivity contribution is -0.142. The molecule has 0 rings (SSSR count). The first-order valence-corrected chi connectivity index (χ1v) is 5.47. The van der Waals surface area contributed by atoms with Crippen molar-refractivity contribution in [2.75, 3.05) is 19.8 Å². The Morgan fingerprint density at radius 1 is 1.14 bits per heavy atom. The molecule has 0 saturated carbocycles. The lowest BCUT2D eigenvalue weighted by Gasteiger charge is -1.99. The van der Waals surface area contributed by atoms with Gasteiger partial charge in [-0.3, -0.25) is 4.79 Å². The number of esters is 1. The molecule has 0 aromatic rings. The third-order valence-corrected chi connectivity index (χ3v) is 1.34. The second kappa shape index (κ2) is 13.0. The normalized spacial score (nSPS) is 9.29. The zero-order valence-corrected chi connectivity index (χ0v) is 10.4. The Balaban J connectivity index is 0. The van der Waals surface area contributed by atoms with Gasteiger partial charge in [-0.1, -0.05) is 0 Å². The van der Waals surface area contributed by atoms with E-state index >= 15 is 0 Å². The lowest BCUT2D eigenvalue weighted by atomic mass is 10.5. The highest BCUT2D eigenvalue weighted by Gasteiger charge is 2.06. The van der Waals surface area contributed by atoms with Gasteiger partial charge >= 0.3 is 5.97 Å². The molecule has 0 heterocycles. The third kappa shape index (κ3) is 17.9. The molecule has 0 unspecified atom stereocenters. The summed E-state index contributed by atoms with van der Waals surface area (Å²) in [5.41, 5.74) is 0. The van der Waals surface area contributed by atoms with Crippen LogP contribution in [-0.4, -0.2) is 30.6 Å². The van der Waals surface area contributed by atoms with Gasteiger partial charge in [0.2, 0.25) is 0 Å². The van der Waals surface area contributed by atoms with E-state index in [0.717, 1.165) is 13.2 Å². The smallest absolute Gasteiger partial charge is 0.308 e. The minimum atomic E-state index is -0.649. The van der Waals surface area contributed by atoms with Crippen LogP contribution in [0.15, 0.2) is 0 Å². The fourth-order valence-electron chi connectivity index (χ4n) is 0.550. The molecular weight excluding hydrogens is 227 g/mol. The molecule has 3 nitrogen and oxygen atoms in total.